The highest BCUT2D eigenvalue weighted by molar-refractivity contribution is 5.85. The molecule has 150 valence electrons. The Hall–Kier alpha value is -2.31. The first-order chi connectivity index (χ1) is 13.1. The zero-order valence-corrected chi connectivity index (χ0v) is 16.9. The van der Waals surface area contributed by atoms with Gasteiger partial charge in [-0.2, -0.15) is 0 Å². The second kappa shape index (κ2) is 7.97. The fraction of sp³-hybridized carbons (Fsp3) is 0.429. The number of non-ortho nitro benzene ring substituents is 1. The van der Waals surface area contributed by atoms with Gasteiger partial charge in [-0.3, -0.25) is 10.1 Å². The Morgan fingerprint density at radius 1 is 1.07 bits per heavy atom. The van der Waals surface area contributed by atoms with Gasteiger partial charge in [0.25, 0.3) is 5.69 Å². The number of halogens is 1. The Bertz CT molecular complexity index is 863. The van der Waals surface area contributed by atoms with E-state index in [1.54, 1.807) is 26.4 Å². The Morgan fingerprint density at radius 2 is 1.68 bits per heavy atom. The van der Waals surface area contributed by atoms with E-state index in [-0.39, 0.29) is 34.5 Å². The first-order valence-electron chi connectivity index (χ1n) is 9.32. The summed E-state index contributed by atoms with van der Waals surface area (Å²) < 4.78 is 11.1. The van der Waals surface area contributed by atoms with Crippen molar-refractivity contribution in [2.75, 3.05) is 20.8 Å². The van der Waals surface area contributed by atoms with Crippen LogP contribution in [-0.2, 0) is 5.41 Å². The third-order valence-electron chi connectivity index (χ3n) is 6.08. The van der Waals surface area contributed by atoms with Gasteiger partial charge in [-0.15, -0.1) is 12.4 Å². The van der Waals surface area contributed by atoms with Crippen LogP contribution in [0.3, 0.4) is 0 Å². The van der Waals surface area contributed by atoms with Crippen LogP contribution in [0.15, 0.2) is 36.4 Å². The molecule has 1 spiro atoms. The Labute approximate surface area is 170 Å². The maximum Gasteiger partial charge on any atom is 0.269 e. The number of ether oxygens (including phenoxy) is 2. The molecule has 1 aliphatic carbocycles. The van der Waals surface area contributed by atoms with Gasteiger partial charge in [-0.1, -0.05) is 25.0 Å². The number of nitrogens with zero attached hydrogens (tertiary/aromatic N) is 1. The van der Waals surface area contributed by atoms with Gasteiger partial charge in [0.15, 0.2) is 11.5 Å². The number of hydrogen-bond donors (Lipinski definition) is 1. The number of nitro groups is 1. The topological polar surface area (TPSA) is 73.6 Å². The lowest BCUT2D eigenvalue weighted by Gasteiger charge is -2.41. The molecule has 1 unspecified atom stereocenters. The van der Waals surface area contributed by atoms with Crippen LogP contribution in [0, 0.1) is 10.1 Å². The minimum atomic E-state index is -0.368. The molecule has 6 nitrogen and oxygen atoms in total. The minimum absolute atomic E-state index is 0. The number of rotatable bonds is 4. The van der Waals surface area contributed by atoms with Crippen molar-refractivity contribution in [3.05, 3.63) is 63.2 Å². The van der Waals surface area contributed by atoms with Crippen molar-refractivity contribution in [3.63, 3.8) is 0 Å². The molecule has 0 saturated heterocycles. The SMILES string of the molecule is COc1cc2c(cc1OC)C1(CCCC1)CNC2c1ccc([N+](=O)[O-])cc1.Cl. The molecular formula is C21H25ClN2O4. The molecule has 1 heterocycles. The summed E-state index contributed by atoms with van der Waals surface area (Å²) >= 11 is 0. The first-order valence-corrected chi connectivity index (χ1v) is 9.32. The number of hydrogen-bond acceptors (Lipinski definition) is 5. The maximum absolute atomic E-state index is 11.0. The zero-order chi connectivity index (χ0) is 19.0. The van der Waals surface area contributed by atoms with Gasteiger partial charge >= 0.3 is 0 Å². The van der Waals surface area contributed by atoms with Crippen molar-refractivity contribution in [2.24, 2.45) is 0 Å². The predicted octanol–water partition coefficient (Wildman–Crippen LogP) is 4.54. The molecule has 2 aliphatic rings. The highest BCUT2D eigenvalue weighted by atomic mass is 35.5. The minimum Gasteiger partial charge on any atom is -0.493 e. The van der Waals surface area contributed by atoms with E-state index in [0.29, 0.717) is 5.75 Å². The fourth-order valence-corrected chi connectivity index (χ4v) is 4.68. The Balaban J connectivity index is 0.00000225. The number of nitro benzene ring substituents is 1. The van der Waals surface area contributed by atoms with Crippen molar-refractivity contribution in [2.45, 2.75) is 37.1 Å². The smallest absolute Gasteiger partial charge is 0.269 e. The van der Waals surface area contributed by atoms with Crippen LogP contribution in [0.1, 0.15) is 48.4 Å². The van der Waals surface area contributed by atoms with E-state index in [0.717, 1.165) is 30.7 Å². The average Bonchev–Trinajstić information content (AvgIpc) is 3.17. The molecule has 4 rings (SSSR count). The standard InChI is InChI=1S/C21H24N2O4.ClH/c1-26-18-11-16-17(12-19(18)27-2)21(9-3-4-10-21)13-22-20(16)14-5-7-15(8-6-14)23(24)25;/h5-8,11-12,20,22H,3-4,9-10,13H2,1-2H3;1H. The number of fused-ring (bicyclic) bond motifs is 2. The monoisotopic (exact) mass is 404 g/mol. The van der Waals surface area contributed by atoms with E-state index in [1.807, 2.05) is 12.1 Å². The van der Waals surface area contributed by atoms with Gasteiger partial charge in [-0.25, -0.2) is 0 Å². The third kappa shape index (κ3) is 3.31. The molecule has 2 aromatic rings. The number of methoxy groups -OCH3 is 2. The molecule has 28 heavy (non-hydrogen) atoms. The molecule has 0 radical (unpaired) electrons. The summed E-state index contributed by atoms with van der Waals surface area (Å²) in [6, 6.07) is 11.0. The van der Waals surface area contributed by atoms with E-state index in [2.05, 4.69) is 17.4 Å². The molecule has 2 aromatic carbocycles. The summed E-state index contributed by atoms with van der Waals surface area (Å²) in [6.07, 6.45) is 4.79. The van der Waals surface area contributed by atoms with Crippen LogP contribution < -0.4 is 14.8 Å². The lowest BCUT2D eigenvalue weighted by Crippen LogP contribution is -2.44. The van der Waals surface area contributed by atoms with Crippen LogP contribution in [0.25, 0.3) is 0 Å². The summed E-state index contributed by atoms with van der Waals surface area (Å²) in [4.78, 5) is 10.6. The first kappa shape index (κ1) is 20.4. The largest absolute Gasteiger partial charge is 0.493 e. The maximum atomic E-state index is 11.0. The average molecular weight is 405 g/mol. The van der Waals surface area contributed by atoms with Crippen molar-refractivity contribution < 1.29 is 14.4 Å². The van der Waals surface area contributed by atoms with E-state index in [9.17, 15) is 10.1 Å². The third-order valence-corrected chi connectivity index (χ3v) is 6.08. The van der Waals surface area contributed by atoms with E-state index < -0.39 is 0 Å². The molecule has 0 amide bonds. The summed E-state index contributed by atoms with van der Waals surface area (Å²) in [5.74, 6) is 1.46. The molecule has 7 heteroatoms. The molecule has 1 fully saturated rings. The number of benzene rings is 2. The zero-order valence-electron chi connectivity index (χ0n) is 16.1. The lowest BCUT2D eigenvalue weighted by molar-refractivity contribution is -0.384. The van der Waals surface area contributed by atoms with Gasteiger partial charge in [0.05, 0.1) is 25.2 Å². The molecule has 0 bridgehead atoms. The van der Waals surface area contributed by atoms with Crippen LogP contribution in [0.4, 0.5) is 5.69 Å². The van der Waals surface area contributed by atoms with Crippen molar-refractivity contribution >= 4 is 18.1 Å². The molecule has 1 saturated carbocycles. The van der Waals surface area contributed by atoms with Gasteiger partial charge < -0.3 is 14.8 Å². The summed E-state index contributed by atoms with van der Waals surface area (Å²) in [7, 11) is 3.31. The molecule has 0 aromatic heterocycles. The van der Waals surface area contributed by atoms with Gasteiger partial charge in [0, 0.05) is 24.1 Å². The van der Waals surface area contributed by atoms with Crippen molar-refractivity contribution in [3.8, 4) is 11.5 Å². The highest BCUT2D eigenvalue weighted by Gasteiger charge is 2.42. The van der Waals surface area contributed by atoms with E-state index in [1.165, 1.54) is 24.0 Å². The number of nitrogens with one attached hydrogen (secondary N) is 1. The van der Waals surface area contributed by atoms with Crippen molar-refractivity contribution in [1.29, 1.82) is 0 Å². The summed E-state index contributed by atoms with van der Waals surface area (Å²) in [6.45, 7) is 0.900. The summed E-state index contributed by atoms with van der Waals surface area (Å²) in [5, 5.41) is 14.7. The van der Waals surface area contributed by atoms with E-state index >= 15 is 0 Å². The van der Waals surface area contributed by atoms with Gasteiger partial charge in [-0.05, 0) is 41.7 Å². The second-order valence-corrected chi connectivity index (χ2v) is 7.44. The summed E-state index contributed by atoms with van der Waals surface area (Å²) in [5.41, 5.74) is 3.75. The van der Waals surface area contributed by atoms with Crippen molar-refractivity contribution in [1.82, 2.24) is 5.32 Å². The highest BCUT2D eigenvalue weighted by Crippen LogP contribution is 2.50. The quantitative estimate of drug-likeness (QED) is 0.598. The second-order valence-electron chi connectivity index (χ2n) is 7.44. The van der Waals surface area contributed by atoms with Crippen LogP contribution in [0.2, 0.25) is 0 Å². The van der Waals surface area contributed by atoms with Gasteiger partial charge in [0.1, 0.15) is 0 Å². The Kier molecular flexibility index (Phi) is 5.82. The lowest BCUT2D eigenvalue weighted by atomic mass is 9.71. The molecular weight excluding hydrogens is 380 g/mol. The Morgan fingerprint density at radius 3 is 2.25 bits per heavy atom. The van der Waals surface area contributed by atoms with Gasteiger partial charge in [0.2, 0.25) is 0 Å². The molecule has 1 aliphatic heterocycles. The predicted molar refractivity (Wildman–Crippen MR) is 110 cm³/mol. The molecule has 1 N–H and O–H groups in total. The van der Waals surface area contributed by atoms with Crippen LogP contribution in [-0.4, -0.2) is 25.7 Å². The normalized spacial score (nSPS) is 19.6. The van der Waals surface area contributed by atoms with E-state index in [4.69, 9.17) is 9.47 Å². The molecule has 1 atom stereocenters. The van der Waals surface area contributed by atoms with Crippen LogP contribution in [0.5, 0.6) is 11.5 Å². The fourth-order valence-electron chi connectivity index (χ4n) is 4.68. The van der Waals surface area contributed by atoms with Crippen LogP contribution >= 0.6 is 12.4 Å².